The number of hydrogen-bond acceptors (Lipinski definition) is 6. The molecule has 7 nitrogen and oxygen atoms in total. The lowest BCUT2D eigenvalue weighted by atomic mass is 10.1. The highest BCUT2D eigenvalue weighted by Gasteiger charge is 2.12. The Morgan fingerprint density at radius 3 is 1.57 bits per heavy atom. The average Bonchev–Trinajstić information content (AvgIpc) is 2.98. The number of nitrogens with zero attached hydrogens (tertiary/aromatic N) is 1. The van der Waals surface area contributed by atoms with Gasteiger partial charge in [-0.15, -0.1) is 0 Å². The summed E-state index contributed by atoms with van der Waals surface area (Å²) >= 11 is 0. The maximum absolute atomic E-state index is 12.5. The van der Waals surface area contributed by atoms with Gasteiger partial charge >= 0.3 is 11.9 Å². The molecule has 0 spiro atoms. The van der Waals surface area contributed by atoms with Gasteiger partial charge in [0.25, 0.3) is 5.69 Å². The third-order valence-electron chi connectivity index (χ3n) is 6.81. The number of rotatable bonds is 17. The van der Waals surface area contributed by atoms with Crippen LogP contribution >= 0.6 is 0 Å². The number of carbonyl (C=O) groups excluding carboxylic acids is 2. The number of unbranched alkanes of at least 4 members (excludes halogenated alkanes) is 10. The molecule has 3 aromatic rings. The molecular formula is C33H39NO6. The minimum Gasteiger partial charge on any atom is -0.462 e. The Hall–Kier alpha value is -4.00. The molecule has 0 aliphatic rings. The molecule has 0 bridgehead atoms. The number of carbonyl (C=O) groups is 2. The molecule has 40 heavy (non-hydrogen) atoms. The summed E-state index contributed by atoms with van der Waals surface area (Å²) in [6, 6.07) is 19.3. The van der Waals surface area contributed by atoms with Crippen LogP contribution in [0.4, 0.5) is 5.69 Å². The van der Waals surface area contributed by atoms with Gasteiger partial charge in [-0.2, -0.15) is 0 Å². The lowest BCUT2D eigenvalue weighted by molar-refractivity contribution is -0.384. The fourth-order valence-corrected chi connectivity index (χ4v) is 4.41. The molecule has 0 aliphatic carbocycles. The molecule has 0 unspecified atom stereocenters. The van der Waals surface area contributed by atoms with Crippen molar-refractivity contribution in [2.24, 2.45) is 0 Å². The summed E-state index contributed by atoms with van der Waals surface area (Å²) in [4.78, 5) is 35.3. The fourth-order valence-electron chi connectivity index (χ4n) is 4.41. The molecule has 0 aromatic heterocycles. The molecule has 3 aromatic carbocycles. The highest BCUT2D eigenvalue weighted by atomic mass is 16.6. The van der Waals surface area contributed by atoms with E-state index in [9.17, 15) is 19.7 Å². The van der Waals surface area contributed by atoms with Crippen LogP contribution in [-0.4, -0.2) is 23.5 Å². The van der Waals surface area contributed by atoms with Crippen molar-refractivity contribution in [1.29, 1.82) is 0 Å². The predicted molar refractivity (Wildman–Crippen MR) is 157 cm³/mol. The molecule has 0 saturated carbocycles. The quantitative estimate of drug-likeness (QED) is 0.0552. The third kappa shape index (κ3) is 10.3. The first-order valence-electron chi connectivity index (χ1n) is 14.3. The number of hydrogen-bond donors (Lipinski definition) is 0. The SMILES string of the molecule is CCCCCCCCCCCCCOC(=O)c1ccc(C(=O)Oc2ccc(-c3ccc([N+](=O)[O-])cc3)cc2)cc1. The molecular weight excluding hydrogens is 506 g/mol. The van der Waals surface area contributed by atoms with E-state index in [-0.39, 0.29) is 5.69 Å². The van der Waals surface area contributed by atoms with Crippen LogP contribution in [-0.2, 0) is 4.74 Å². The molecule has 0 atom stereocenters. The molecule has 0 fully saturated rings. The summed E-state index contributed by atoms with van der Waals surface area (Å²) in [5, 5.41) is 10.8. The highest BCUT2D eigenvalue weighted by Crippen LogP contribution is 2.25. The van der Waals surface area contributed by atoms with Crippen molar-refractivity contribution < 1.29 is 24.0 Å². The zero-order chi connectivity index (χ0) is 28.6. The molecule has 0 saturated heterocycles. The minimum absolute atomic E-state index is 0.0259. The van der Waals surface area contributed by atoms with E-state index in [2.05, 4.69) is 6.92 Å². The van der Waals surface area contributed by atoms with E-state index in [0.29, 0.717) is 23.5 Å². The highest BCUT2D eigenvalue weighted by molar-refractivity contribution is 5.94. The summed E-state index contributed by atoms with van der Waals surface area (Å²) < 4.78 is 10.8. The summed E-state index contributed by atoms with van der Waals surface area (Å²) in [6.45, 7) is 2.64. The fraction of sp³-hybridized carbons (Fsp3) is 0.394. The predicted octanol–water partition coefficient (Wildman–Crippen LogP) is 8.95. The first kappa shape index (κ1) is 30.5. The van der Waals surface area contributed by atoms with Crippen LogP contribution in [0.15, 0.2) is 72.8 Å². The van der Waals surface area contributed by atoms with Crippen LogP contribution in [0.25, 0.3) is 11.1 Å². The second-order valence-corrected chi connectivity index (χ2v) is 9.97. The van der Waals surface area contributed by atoms with Crippen molar-refractivity contribution >= 4 is 17.6 Å². The van der Waals surface area contributed by atoms with Crippen LogP contribution in [0.1, 0.15) is 98.3 Å². The second-order valence-electron chi connectivity index (χ2n) is 9.97. The van der Waals surface area contributed by atoms with E-state index in [4.69, 9.17) is 9.47 Å². The van der Waals surface area contributed by atoms with Crippen LogP contribution < -0.4 is 4.74 Å². The smallest absolute Gasteiger partial charge is 0.343 e. The number of esters is 2. The second kappa shape index (κ2) is 16.9. The van der Waals surface area contributed by atoms with Gasteiger partial charge in [0, 0.05) is 12.1 Å². The van der Waals surface area contributed by atoms with E-state index in [0.717, 1.165) is 24.0 Å². The van der Waals surface area contributed by atoms with Gasteiger partial charge < -0.3 is 9.47 Å². The Labute approximate surface area is 236 Å². The van der Waals surface area contributed by atoms with E-state index in [1.165, 1.54) is 69.9 Å². The molecule has 0 heterocycles. The Kier molecular flexibility index (Phi) is 12.9. The van der Waals surface area contributed by atoms with Gasteiger partial charge in [0.05, 0.1) is 22.7 Å². The van der Waals surface area contributed by atoms with Gasteiger partial charge in [0.2, 0.25) is 0 Å². The van der Waals surface area contributed by atoms with Crippen LogP contribution in [0.3, 0.4) is 0 Å². The largest absolute Gasteiger partial charge is 0.462 e. The summed E-state index contributed by atoms with van der Waals surface area (Å²) in [5.41, 5.74) is 2.39. The van der Waals surface area contributed by atoms with Crippen LogP contribution in [0, 0.1) is 10.1 Å². The summed E-state index contributed by atoms with van der Waals surface area (Å²) in [6.07, 6.45) is 13.6. The normalized spacial score (nSPS) is 10.7. The molecule has 3 rings (SSSR count). The van der Waals surface area contributed by atoms with Gasteiger partial charge in [-0.3, -0.25) is 10.1 Å². The van der Waals surface area contributed by atoms with E-state index < -0.39 is 16.9 Å². The number of nitro groups is 1. The third-order valence-corrected chi connectivity index (χ3v) is 6.81. The number of ether oxygens (including phenoxy) is 2. The van der Waals surface area contributed by atoms with Crippen molar-refractivity contribution in [3.8, 4) is 16.9 Å². The zero-order valence-corrected chi connectivity index (χ0v) is 23.3. The monoisotopic (exact) mass is 545 g/mol. The number of non-ortho nitro benzene ring substituents is 1. The Morgan fingerprint density at radius 1 is 0.625 bits per heavy atom. The van der Waals surface area contributed by atoms with Crippen molar-refractivity contribution in [2.45, 2.75) is 77.6 Å². The van der Waals surface area contributed by atoms with Crippen molar-refractivity contribution in [3.05, 3.63) is 94.0 Å². The van der Waals surface area contributed by atoms with Crippen LogP contribution in [0.5, 0.6) is 5.75 Å². The molecule has 212 valence electrons. The van der Waals surface area contributed by atoms with Crippen molar-refractivity contribution in [2.75, 3.05) is 6.61 Å². The van der Waals surface area contributed by atoms with Gasteiger partial charge in [-0.1, -0.05) is 83.3 Å². The maximum atomic E-state index is 12.5. The molecule has 0 amide bonds. The van der Waals surface area contributed by atoms with Gasteiger partial charge in [0.15, 0.2) is 0 Å². The molecule has 0 radical (unpaired) electrons. The summed E-state index contributed by atoms with van der Waals surface area (Å²) in [7, 11) is 0. The van der Waals surface area contributed by atoms with Crippen molar-refractivity contribution in [1.82, 2.24) is 0 Å². The molecule has 7 heteroatoms. The van der Waals surface area contributed by atoms with Gasteiger partial charge in [-0.05, 0) is 66.1 Å². The molecule has 0 aliphatic heterocycles. The minimum atomic E-state index is -0.538. The van der Waals surface area contributed by atoms with E-state index in [1.54, 1.807) is 60.7 Å². The lowest BCUT2D eigenvalue weighted by Crippen LogP contribution is -2.10. The van der Waals surface area contributed by atoms with Crippen molar-refractivity contribution in [3.63, 3.8) is 0 Å². The Morgan fingerprint density at radius 2 is 1.07 bits per heavy atom. The van der Waals surface area contributed by atoms with Gasteiger partial charge in [0.1, 0.15) is 5.75 Å². The Balaban J connectivity index is 1.35. The average molecular weight is 546 g/mol. The standard InChI is InChI=1S/C33H39NO6/c1-2-3-4-5-6-7-8-9-10-11-12-25-39-32(35)28-13-15-29(16-14-28)33(36)40-31-23-19-27(20-24-31)26-17-21-30(22-18-26)34(37)38/h13-24H,2-12,25H2,1H3. The number of benzene rings is 3. The Bertz CT molecular complexity index is 1200. The van der Waals surface area contributed by atoms with Gasteiger partial charge in [-0.25, -0.2) is 9.59 Å². The maximum Gasteiger partial charge on any atom is 0.343 e. The topological polar surface area (TPSA) is 95.7 Å². The summed E-state index contributed by atoms with van der Waals surface area (Å²) in [5.74, 6) is -0.566. The first-order chi connectivity index (χ1) is 19.5. The first-order valence-corrected chi connectivity index (χ1v) is 14.3. The molecule has 0 N–H and O–H groups in total. The van der Waals surface area contributed by atoms with E-state index in [1.807, 2.05) is 0 Å². The van der Waals surface area contributed by atoms with E-state index >= 15 is 0 Å². The zero-order valence-electron chi connectivity index (χ0n) is 23.3. The lowest BCUT2D eigenvalue weighted by Gasteiger charge is -2.08. The van der Waals surface area contributed by atoms with Crippen LogP contribution in [0.2, 0.25) is 0 Å². The number of nitro benzene ring substituents is 1.